The normalized spacial score (nSPS) is 12.0. The molecule has 4 nitrogen and oxygen atoms in total. The smallest absolute Gasteiger partial charge is 0.224 e. The molecule has 0 aliphatic carbocycles. The number of hydrogen-bond donors (Lipinski definition) is 1. The van der Waals surface area contributed by atoms with Crippen LogP contribution in [-0.4, -0.2) is 22.2 Å². The first-order chi connectivity index (χ1) is 11.2. The number of carbonyl (C=O) groups excluding carboxylic acids is 1. The fraction of sp³-hybridized carbons (Fsp3) is 0.176. The standard InChI is InChI=1S/C17H16ClN3OS/c18-14-6-2-1-5-13(14)11-17(22)19-12-15(16-7-3-10-23-16)21-9-4-8-20-21/h1-10,15H,11-12H2,(H,19,22). The van der Waals surface area contributed by atoms with E-state index in [0.29, 0.717) is 11.6 Å². The summed E-state index contributed by atoms with van der Waals surface area (Å²) in [5.41, 5.74) is 0.832. The van der Waals surface area contributed by atoms with Gasteiger partial charge >= 0.3 is 0 Å². The van der Waals surface area contributed by atoms with Gasteiger partial charge in [-0.15, -0.1) is 11.3 Å². The van der Waals surface area contributed by atoms with Crippen molar-refractivity contribution in [1.29, 1.82) is 0 Å². The molecule has 1 amide bonds. The molecular weight excluding hydrogens is 330 g/mol. The molecule has 1 aromatic carbocycles. The molecule has 23 heavy (non-hydrogen) atoms. The van der Waals surface area contributed by atoms with E-state index in [1.807, 2.05) is 46.6 Å². The Balaban J connectivity index is 1.65. The first-order valence-corrected chi connectivity index (χ1v) is 8.52. The summed E-state index contributed by atoms with van der Waals surface area (Å²) < 4.78 is 1.86. The molecule has 0 aliphatic rings. The van der Waals surface area contributed by atoms with E-state index in [9.17, 15) is 4.79 Å². The summed E-state index contributed by atoms with van der Waals surface area (Å²) >= 11 is 7.76. The van der Waals surface area contributed by atoms with Crippen LogP contribution in [0.4, 0.5) is 0 Å². The largest absolute Gasteiger partial charge is 0.353 e. The maximum atomic E-state index is 12.2. The minimum Gasteiger partial charge on any atom is -0.353 e. The van der Waals surface area contributed by atoms with Crippen molar-refractivity contribution < 1.29 is 4.79 Å². The lowest BCUT2D eigenvalue weighted by Crippen LogP contribution is -2.32. The summed E-state index contributed by atoms with van der Waals surface area (Å²) in [5.74, 6) is -0.0492. The molecule has 6 heteroatoms. The Labute approximate surface area is 143 Å². The van der Waals surface area contributed by atoms with Crippen LogP contribution in [0.15, 0.2) is 60.2 Å². The number of halogens is 1. The Kier molecular flexibility index (Phi) is 5.10. The van der Waals surface area contributed by atoms with E-state index in [0.717, 1.165) is 10.4 Å². The Hall–Kier alpha value is -2.11. The Morgan fingerprint density at radius 1 is 1.26 bits per heavy atom. The van der Waals surface area contributed by atoms with E-state index < -0.39 is 0 Å². The van der Waals surface area contributed by atoms with E-state index >= 15 is 0 Å². The second-order valence-electron chi connectivity index (χ2n) is 5.09. The fourth-order valence-corrected chi connectivity index (χ4v) is 3.38. The highest BCUT2D eigenvalue weighted by atomic mass is 35.5. The average Bonchev–Trinajstić information content (AvgIpc) is 3.23. The van der Waals surface area contributed by atoms with Gasteiger partial charge in [-0.2, -0.15) is 5.10 Å². The molecule has 118 valence electrons. The average molecular weight is 346 g/mol. The zero-order valence-corrected chi connectivity index (χ0v) is 13.9. The van der Waals surface area contributed by atoms with E-state index in [4.69, 9.17) is 11.6 Å². The minimum absolute atomic E-state index is 0.000181. The third kappa shape index (κ3) is 4.00. The molecule has 0 saturated carbocycles. The van der Waals surface area contributed by atoms with Gasteiger partial charge < -0.3 is 5.32 Å². The molecule has 3 rings (SSSR count). The third-order valence-corrected chi connectivity index (χ3v) is 4.86. The zero-order valence-electron chi connectivity index (χ0n) is 12.4. The van der Waals surface area contributed by atoms with E-state index in [1.165, 1.54) is 0 Å². The highest BCUT2D eigenvalue weighted by Gasteiger charge is 2.16. The van der Waals surface area contributed by atoms with E-state index in [1.54, 1.807) is 23.6 Å². The zero-order chi connectivity index (χ0) is 16.1. The van der Waals surface area contributed by atoms with Gasteiger partial charge in [0, 0.05) is 28.8 Å². The molecular formula is C17H16ClN3OS. The number of benzene rings is 1. The predicted octanol–water partition coefficient (Wildman–Crippen LogP) is 3.55. The van der Waals surface area contributed by atoms with Crippen LogP contribution in [0.2, 0.25) is 5.02 Å². The molecule has 0 fully saturated rings. The lowest BCUT2D eigenvalue weighted by molar-refractivity contribution is -0.120. The minimum atomic E-state index is -0.0492. The summed E-state index contributed by atoms with van der Waals surface area (Å²) in [7, 11) is 0. The topological polar surface area (TPSA) is 46.9 Å². The lowest BCUT2D eigenvalue weighted by atomic mass is 10.1. The van der Waals surface area contributed by atoms with E-state index in [2.05, 4.69) is 16.5 Å². The molecule has 0 spiro atoms. The molecule has 2 aromatic heterocycles. The molecule has 1 N–H and O–H groups in total. The fourth-order valence-electron chi connectivity index (χ4n) is 2.36. The third-order valence-electron chi connectivity index (χ3n) is 3.52. The van der Waals surface area contributed by atoms with Gasteiger partial charge in [0.25, 0.3) is 0 Å². The Morgan fingerprint density at radius 3 is 2.83 bits per heavy atom. The summed E-state index contributed by atoms with van der Waals surface area (Å²) in [6.07, 6.45) is 3.92. The second kappa shape index (κ2) is 7.44. The Bertz CT molecular complexity index is 722. The van der Waals surface area contributed by atoms with Gasteiger partial charge in [0.05, 0.1) is 6.42 Å². The molecule has 1 atom stereocenters. The highest BCUT2D eigenvalue weighted by molar-refractivity contribution is 7.10. The SMILES string of the molecule is O=C(Cc1ccccc1Cl)NCC(c1cccs1)n1cccn1. The molecule has 3 aromatic rings. The number of carbonyl (C=O) groups is 1. The first-order valence-electron chi connectivity index (χ1n) is 7.26. The van der Waals surface area contributed by atoms with Crippen molar-refractivity contribution in [1.82, 2.24) is 15.1 Å². The number of amides is 1. The van der Waals surface area contributed by atoms with Crippen molar-refractivity contribution in [3.8, 4) is 0 Å². The van der Waals surface area contributed by atoms with Crippen LogP contribution in [0.25, 0.3) is 0 Å². The number of aromatic nitrogens is 2. The van der Waals surface area contributed by atoms with Crippen LogP contribution in [0.3, 0.4) is 0 Å². The number of hydrogen-bond acceptors (Lipinski definition) is 3. The van der Waals surface area contributed by atoms with Crippen molar-refractivity contribution in [2.75, 3.05) is 6.54 Å². The summed E-state index contributed by atoms with van der Waals surface area (Å²) in [6, 6.07) is 13.3. The van der Waals surface area contributed by atoms with Gasteiger partial charge in [-0.25, -0.2) is 0 Å². The van der Waals surface area contributed by atoms with Crippen LogP contribution in [0, 0.1) is 0 Å². The van der Waals surface area contributed by atoms with Gasteiger partial charge in [-0.3, -0.25) is 9.48 Å². The van der Waals surface area contributed by atoms with Gasteiger partial charge in [0.15, 0.2) is 0 Å². The monoisotopic (exact) mass is 345 g/mol. The Morgan fingerprint density at radius 2 is 2.13 bits per heavy atom. The molecule has 0 saturated heterocycles. The lowest BCUT2D eigenvalue weighted by Gasteiger charge is -2.17. The van der Waals surface area contributed by atoms with Crippen LogP contribution in [0.1, 0.15) is 16.5 Å². The highest BCUT2D eigenvalue weighted by Crippen LogP contribution is 2.22. The molecule has 2 heterocycles. The quantitative estimate of drug-likeness (QED) is 0.742. The van der Waals surface area contributed by atoms with Crippen LogP contribution >= 0.6 is 22.9 Å². The summed E-state index contributed by atoms with van der Waals surface area (Å²) in [4.78, 5) is 13.4. The second-order valence-corrected chi connectivity index (χ2v) is 6.48. The van der Waals surface area contributed by atoms with Gasteiger partial charge in [0.2, 0.25) is 5.91 Å². The van der Waals surface area contributed by atoms with Crippen LogP contribution < -0.4 is 5.32 Å². The number of nitrogens with zero attached hydrogens (tertiary/aromatic N) is 2. The first kappa shape index (κ1) is 15.8. The van der Waals surface area contributed by atoms with Gasteiger partial charge in [0.1, 0.15) is 6.04 Å². The number of nitrogens with one attached hydrogen (secondary N) is 1. The number of thiophene rings is 1. The molecule has 0 aliphatic heterocycles. The van der Waals surface area contributed by atoms with Crippen molar-refractivity contribution in [2.24, 2.45) is 0 Å². The maximum absolute atomic E-state index is 12.2. The maximum Gasteiger partial charge on any atom is 0.224 e. The summed E-state index contributed by atoms with van der Waals surface area (Å²) in [5, 5.41) is 9.92. The predicted molar refractivity (Wildman–Crippen MR) is 92.9 cm³/mol. The van der Waals surface area contributed by atoms with Crippen LogP contribution in [0.5, 0.6) is 0 Å². The van der Waals surface area contributed by atoms with E-state index in [-0.39, 0.29) is 18.4 Å². The van der Waals surface area contributed by atoms with Crippen molar-refractivity contribution in [3.63, 3.8) is 0 Å². The van der Waals surface area contributed by atoms with Gasteiger partial charge in [-0.05, 0) is 29.1 Å². The molecule has 0 bridgehead atoms. The van der Waals surface area contributed by atoms with Crippen molar-refractivity contribution >= 4 is 28.8 Å². The van der Waals surface area contributed by atoms with Crippen LogP contribution in [-0.2, 0) is 11.2 Å². The summed E-state index contributed by atoms with van der Waals surface area (Å²) in [6.45, 7) is 0.492. The molecule has 1 unspecified atom stereocenters. The van der Waals surface area contributed by atoms with Crippen molar-refractivity contribution in [3.05, 3.63) is 75.7 Å². The van der Waals surface area contributed by atoms with Gasteiger partial charge in [-0.1, -0.05) is 35.9 Å². The molecule has 0 radical (unpaired) electrons. The van der Waals surface area contributed by atoms with Crippen molar-refractivity contribution in [2.45, 2.75) is 12.5 Å². The number of rotatable bonds is 6.